The molecule has 3 N–H and O–H groups in total. The van der Waals surface area contributed by atoms with Crippen molar-refractivity contribution in [3.8, 4) is 6.01 Å². The number of nitrogens with two attached hydrogens (primary N) is 1. The predicted molar refractivity (Wildman–Crippen MR) is 64.0 cm³/mol. The zero-order valence-corrected chi connectivity index (χ0v) is 10.3. The van der Waals surface area contributed by atoms with Crippen molar-refractivity contribution in [2.45, 2.75) is 6.92 Å². The number of methoxy groups -OCH3 is 2. The van der Waals surface area contributed by atoms with E-state index in [1.807, 2.05) is 11.8 Å². The van der Waals surface area contributed by atoms with E-state index in [1.165, 1.54) is 7.11 Å². The van der Waals surface area contributed by atoms with Gasteiger partial charge in [-0.2, -0.15) is 15.0 Å². The average molecular weight is 242 g/mol. The Morgan fingerprint density at radius 3 is 2.59 bits per heavy atom. The lowest BCUT2D eigenvalue weighted by Crippen LogP contribution is -2.29. The lowest BCUT2D eigenvalue weighted by molar-refractivity contribution is 0.205. The topological polar surface area (TPSA) is 98.4 Å². The van der Waals surface area contributed by atoms with Gasteiger partial charge in [0.1, 0.15) is 0 Å². The van der Waals surface area contributed by atoms with Gasteiger partial charge < -0.3 is 14.4 Å². The Kier molecular flexibility index (Phi) is 5.37. The van der Waals surface area contributed by atoms with E-state index in [0.29, 0.717) is 19.1 Å². The van der Waals surface area contributed by atoms with Gasteiger partial charge in [0.25, 0.3) is 0 Å². The van der Waals surface area contributed by atoms with Crippen LogP contribution in [-0.2, 0) is 4.74 Å². The van der Waals surface area contributed by atoms with Crippen molar-refractivity contribution in [1.29, 1.82) is 0 Å². The van der Waals surface area contributed by atoms with Crippen LogP contribution in [0.5, 0.6) is 6.01 Å². The number of likely N-dealkylation sites (N-methyl/N-ethyl adjacent to an activating group) is 1. The molecule has 0 spiro atoms. The van der Waals surface area contributed by atoms with Crippen molar-refractivity contribution < 1.29 is 9.47 Å². The number of aromatic nitrogens is 3. The number of nitrogens with one attached hydrogen (secondary N) is 1. The standard InChI is InChI=1S/C9H18N6O2/c1-4-15(5-6-16-2)8-11-7(14-10)12-9(13-8)17-3/h4-6,10H2,1-3H3,(H,11,12,13,14). The quantitative estimate of drug-likeness (QED) is 0.494. The second kappa shape index (κ2) is 6.81. The summed E-state index contributed by atoms with van der Waals surface area (Å²) in [4.78, 5) is 14.2. The van der Waals surface area contributed by atoms with E-state index in [2.05, 4.69) is 20.4 Å². The van der Waals surface area contributed by atoms with E-state index in [0.717, 1.165) is 6.54 Å². The van der Waals surface area contributed by atoms with Crippen LogP contribution in [0, 0.1) is 0 Å². The molecule has 0 unspecified atom stereocenters. The van der Waals surface area contributed by atoms with Crippen molar-refractivity contribution in [3.63, 3.8) is 0 Å². The SMILES string of the molecule is CCN(CCOC)c1nc(NN)nc(OC)n1. The molecule has 0 radical (unpaired) electrons. The van der Waals surface area contributed by atoms with Crippen LogP contribution >= 0.6 is 0 Å². The number of hydrogen-bond donors (Lipinski definition) is 2. The molecule has 8 heteroatoms. The molecule has 0 aliphatic heterocycles. The van der Waals surface area contributed by atoms with Crippen LogP contribution in [0.4, 0.5) is 11.9 Å². The summed E-state index contributed by atoms with van der Waals surface area (Å²) in [6, 6.07) is 0.221. The number of hydrazine groups is 1. The van der Waals surface area contributed by atoms with Crippen molar-refractivity contribution in [1.82, 2.24) is 15.0 Å². The average Bonchev–Trinajstić information content (AvgIpc) is 2.39. The zero-order chi connectivity index (χ0) is 12.7. The van der Waals surface area contributed by atoms with Gasteiger partial charge in [-0.1, -0.05) is 0 Å². The van der Waals surface area contributed by atoms with Gasteiger partial charge in [-0.15, -0.1) is 0 Å². The van der Waals surface area contributed by atoms with Crippen LogP contribution in [0.25, 0.3) is 0 Å². The van der Waals surface area contributed by atoms with Crippen LogP contribution in [-0.4, -0.2) is 48.9 Å². The minimum Gasteiger partial charge on any atom is -0.467 e. The highest BCUT2D eigenvalue weighted by Gasteiger charge is 2.11. The van der Waals surface area contributed by atoms with Crippen molar-refractivity contribution in [2.24, 2.45) is 5.84 Å². The first-order valence-electron chi connectivity index (χ1n) is 5.25. The molecule has 0 amide bonds. The van der Waals surface area contributed by atoms with Crippen LogP contribution in [0.1, 0.15) is 6.92 Å². The van der Waals surface area contributed by atoms with E-state index in [4.69, 9.17) is 15.3 Å². The first-order valence-corrected chi connectivity index (χ1v) is 5.25. The first kappa shape index (κ1) is 13.4. The maximum Gasteiger partial charge on any atom is 0.322 e. The smallest absolute Gasteiger partial charge is 0.322 e. The Bertz CT molecular complexity index is 326. The molecule has 0 fully saturated rings. The molecule has 1 aromatic heterocycles. The Morgan fingerprint density at radius 1 is 1.29 bits per heavy atom. The number of nitrogens with zero attached hydrogens (tertiary/aromatic N) is 4. The van der Waals surface area contributed by atoms with Gasteiger partial charge in [0.15, 0.2) is 0 Å². The maximum atomic E-state index is 5.28. The third-order valence-corrected chi connectivity index (χ3v) is 2.14. The molecule has 8 nitrogen and oxygen atoms in total. The first-order chi connectivity index (χ1) is 8.24. The van der Waals surface area contributed by atoms with E-state index in [9.17, 15) is 0 Å². The van der Waals surface area contributed by atoms with Gasteiger partial charge in [-0.25, -0.2) is 5.84 Å². The van der Waals surface area contributed by atoms with Gasteiger partial charge >= 0.3 is 6.01 Å². The number of ether oxygens (including phenoxy) is 2. The molecule has 1 aromatic rings. The van der Waals surface area contributed by atoms with Crippen LogP contribution in [0.3, 0.4) is 0 Å². The summed E-state index contributed by atoms with van der Waals surface area (Å²) in [5.41, 5.74) is 2.38. The molecular weight excluding hydrogens is 224 g/mol. The molecule has 0 aromatic carbocycles. The molecule has 17 heavy (non-hydrogen) atoms. The molecule has 0 saturated carbocycles. The summed E-state index contributed by atoms with van der Waals surface area (Å²) in [6.45, 7) is 4.03. The molecule has 0 aliphatic rings. The van der Waals surface area contributed by atoms with E-state index >= 15 is 0 Å². The lowest BCUT2D eigenvalue weighted by Gasteiger charge is -2.20. The van der Waals surface area contributed by atoms with Gasteiger partial charge in [-0.05, 0) is 6.92 Å². The molecule has 1 rings (SSSR count). The van der Waals surface area contributed by atoms with Gasteiger partial charge in [0, 0.05) is 20.2 Å². The maximum absolute atomic E-state index is 5.28. The molecule has 96 valence electrons. The predicted octanol–water partition coefficient (Wildman–Crippen LogP) is -0.361. The van der Waals surface area contributed by atoms with Crippen molar-refractivity contribution in [2.75, 3.05) is 44.2 Å². The Labute approximate surface area is 100 Å². The van der Waals surface area contributed by atoms with Gasteiger partial charge in [0.05, 0.1) is 13.7 Å². The Hall–Kier alpha value is -1.67. The second-order valence-corrected chi connectivity index (χ2v) is 3.16. The Balaban J connectivity index is 2.92. The highest BCUT2D eigenvalue weighted by atomic mass is 16.5. The zero-order valence-electron chi connectivity index (χ0n) is 10.3. The third kappa shape index (κ3) is 3.68. The van der Waals surface area contributed by atoms with Crippen LogP contribution in [0.2, 0.25) is 0 Å². The normalized spacial score (nSPS) is 10.1. The highest BCUT2D eigenvalue weighted by molar-refractivity contribution is 5.37. The van der Waals surface area contributed by atoms with Gasteiger partial charge in [0.2, 0.25) is 11.9 Å². The van der Waals surface area contributed by atoms with Crippen LogP contribution < -0.4 is 20.9 Å². The summed E-state index contributed by atoms with van der Waals surface area (Å²) in [7, 11) is 3.14. The van der Waals surface area contributed by atoms with E-state index in [1.54, 1.807) is 7.11 Å². The fourth-order valence-electron chi connectivity index (χ4n) is 1.24. The molecule has 0 saturated heterocycles. The lowest BCUT2D eigenvalue weighted by atomic mass is 10.5. The number of anilines is 2. The minimum absolute atomic E-state index is 0.221. The number of rotatable bonds is 7. The fraction of sp³-hybridized carbons (Fsp3) is 0.667. The summed E-state index contributed by atoms with van der Waals surface area (Å²) in [5.74, 6) is 6.05. The monoisotopic (exact) mass is 242 g/mol. The highest BCUT2D eigenvalue weighted by Crippen LogP contribution is 2.13. The largest absolute Gasteiger partial charge is 0.467 e. The summed E-state index contributed by atoms with van der Waals surface area (Å²) < 4.78 is 10.0. The second-order valence-electron chi connectivity index (χ2n) is 3.16. The van der Waals surface area contributed by atoms with E-state index < -0.39 is 0 Å². The summed E-state index contributed by atoms with van der Waals surface area (Å²) >= 11 is 0. The van der Waals surface area contributed by atoms with Crippen molar-refractivity contribution in [3.05, 3.63) is 0 Å². The third-order valence-electron chi connectivity index (χ3n) is 2.14. The van der Waals surface area contributed by atoms with Crippen molar-refractivity contribution >= 4 is 11.9 Å². The molecule has 0 aliphatic carbocycles. The van der Waals surface area contributed by atoms with E-state index in [-0.39, 0.29) is 12.0 Å². The summed E-state index contributed by atoms with van der Waals surface area (Å²) in [5, 5.41) is 0. The molecule has 1 heterocycles. The minimum atomic E-state index is 0.221. The molecule has 0 atom stereocenters. The van der Waals surface area contributed by atoms with Gasteiger partial charge in [-0.3, -0.25) is 5.43 Å². The fourth-order valence-corrected chi connectivity index (χ4v) is 1.24. The van der Waals surface area contributed by atoms with Crippen LogP contribution in [0.15, 0.2) is 0 Å². The number of nitrogen functional groups attached to an aromatic ring is 1. The number of hydrogen-bond acceptors (Lipinski definition) is 8. The Morgan fingerprint density at radius 2 is 2.06 bits per heavy atom. The molecular formula is C9H18N6O2. The molecule has 0 bridgehead atoms. The summed E-state index contributed by atoms with van der Waals surface area (Å²) in [6.07, 6.45) is 0.